The summed E-state index contributed by atoms with van der Waals surface area (Å²) in [5.74, 6) is -0.111. The minimum Gasteiger partial charge on any atom is -0.352 e. The molecule has 0 aromatic carbocycles. The van der Waals surface area contributed by atoms with Gasteiger partial charge in [-0.2, -0.15) is 0 Å². The molecule has 27 heavy (non-hydrogen) atoms. The number of nitrogens with zero attached hydrogens (tertiary/aromatic N) is 5. The van der Waals surface area contributed by atoms with Gasteiger partial charge in [0, 0.05) is 29.2 Å². The maximum absolute atomic E-state index is 14.2. The van der Waals surface area contributed by atoms with E-state index in [9.17, 15) is 8.78 Å². The first-order valence-electron chi connectivity index (χ1n) is 8.73. The van der Waals surface area contributed by atoms with E-state index in [1.54, 1.807) is 17.5 Å². The van der Waals surface area contributed by atoms with Crippen molar-refractivity contribution in [3.05, 3.63) is 47.1 Å². The molecule has 0 radical (unpaired) electrons. The van der Waals surface area contributed by atoms with Gasteiger partial charge in [-0.25, -0.2) is 18.7 Å². The molecule has 3 aromatic heterocycles. The van der Waals surface area contributed by atoms with Crippen LogP contribution >= 0.6 is 11.3 Å². The van der Waals surface area contributed by atoms with Gasteiger partial charge in [-0.1, -0.05) is 6.92 Å². The fraction of sp³-hybridized carbons (Fsp3) is 0.389. The number of nitrogens with one attached hydrogen (secondary N) is 1. The van der Waals surface area contributed by atoms with Gasteiger partial charge < -0.3 is 5.32 Å². The maximum atomic E-state index is 14.2. The van der Waals surface area contributed by atoms with Crippen LogP contribution in [0.5, 0.6) is 0 Å². The molecule has 0 saturated heterocycles. The Kier molecular flexibility index (Phi) is 4.77. The summed E-state index contributed by atoms with van der Waals surface area (Å²) in [6, 6.07) is 2.88. The number of pyridine rings is 1. The van der Waals surface area contributed by atoms with Crippen molar-refractivity contribution in [2.75, 3.05) is 11.9 Å². The van der Waals surface area contributed by atoms with E-state index in [-0.39, 0.29) is 18.5 Å². The fourth-order valence-electron chi connectivity index (χ4n) is 3.28. The molecule has 1 N–H and O–H groups in total. The Labute approximate surface area is 159 Å². The summed E-state index contributed by atoms with van der Waals surface area (Å²) in [5, 5.41) is 12.1. The lowest BCUT2D eigenvalue weighted by atomic mass is 9.65. The van der Waals surface area contributed by atoms with Crippen molar-refractivity contribution >= 4 is 17.3 Å². The van der Waals surface area contributed by atoms with Crippen LogP contribution < -0.4 is 5.32 Å². The number of aromatic nitrogens is 5. The number of hydrogen-bond acceptors (Lipinski definition) is 7. The van der Waals surface area contributed by atoms with Gasteiger partial charge in [-0.3, -0.25) is 4.98 Å². The number of rotatable bonds is 6. The zero-order valence-corrected chi connectivity index (χ0v) is 15.5. The predicted molar refractivity (Wildman–Crippen MR) is 98.8 cm³/mol. The van der Waals surface area contributed by atoms with Crippen LogP contribution in [0.2, 0.25) is 0 Å². The summed E-state index contributed by atoms with van der Waals surface area (Å²) < 4.78 is 27.8. The molecule has 1 saturated carbocycles. The first-order chi connectivity index (χ1) is 13.1. The van der Waals surface area contributed by atoms with Crippen molar-refractivity contribution < 1.29 is 8.78 Å². The number of hydrogen-bond donors (Lipinski definition) is 1. The normalized spacial score (nSPS) is 21.7. The largest absolute Gasteiger partial charge is 0.352 e. The Balaban J connectivity index is 1.48. The molecule has 1 fully saturated rings. The van der Waals surface area contributed by atoms with E-state index >= 15 is 0 Å². The Morgan fingerprint density at radius 2 is 2.07 bits per heavy atom. The number of anilines is 1. The average Bonchev–Trinajstić information content (AvgIpc) is 3.14. The molecule has 0 spiro atoms. The van der Waals surface area contributed by atoms with Crippen molar-refractivity contribution in [3.63, 3.8) is 0 Å². The lowest BCUT2D eigenvalue weighted by Crippen LogP contribution is -2.49. The van der Waals surface area contributed by atoms with E-state index in [1.807, 2.05) is 6.20 Å². The number of aryl methyl sites for hydroxylation is 1. The van der Waals surface area contributed by atoms with Crippen LogP contribution in [0.4, 0.5) is 14.7 Å². The second-order valence-corrected chi connectivity index (χ2v) is 7.74. The lowest BCUT2D eigenvalue weighted by Gasteiger charge is -2.43. The molecule has 0 bridgehead atoms. The van der Waals surface area contributed by atoms with Crippen LogP contribution in [0.3, 0.4) is 0 Å². The van der Waals surface area contributed by atoms with Crippen molar-refractivity contribution in [1.29, 1.82) is 0 Å². The second-order valence-electron chi connectivity index (χ2n) is 6.63. The average molecular weight is 388 g/mol. The molecule has 3 aromatic rings. The molecule has 9 heteroatoms. The van der Waals surface area contributed by atoms with E-state index in [0.29, 0.717) is 18.2 Å². The standard InChI is InChI=1S/C18H18F2N6S/c1-2-12-8-22-16(27-12)14-9-23-17(26-25-14)24-10-18(6-11(19)7-18)15-13(20)4-3-5-21-15/h3-5,8-9,11H,2,6-7,10H2,1H3,(H,23,24,26). The SMILES string of the molecule is CCc1cnc(-c2cnc(NCC3(c4ncccc4F)CC(F)C3)nn2)s1. The van der Waals surface area contributed by atoms with Gasteiger partial charge in [0.25, 0.3) is 0 Å². The molecule has 4 rings (SSSR count). The highest BCUT2D eigenvalue weighted by Gasteiger charge is 2.48. The van der Waals surface area contributed by atoms with Crippen molar-refractivity contribution in [1.82, 2.24) is 25.1 Å². The predicted octanol–water partition coefficient (Wildman–Crippen LogP) is 3.57. The minimum absolute atomic E-state index is 0.221. The molecule has 0 unspecified atom stereocenters. The van der Waals surface area contributed by atoms with Crippen LogP contribution in [0.1, 0.15) is 30.3 Å². The molecule has 6 nitrogen and oxygen atoms in total. The molecule has 1 aliphatic carbocycles. The third kappa shape index (κ3) is 3.51. The summed E-state index contributed by atoms with van der Waals surface area (Å²) >= 11 is 1.56. The van der Waals surface area contributed by atoms with Gasteiger partial charge in [0.05, 0.1) is 11.9 Å². The smallest absolute Gasteiger partial charge is 0.242 e. The first-order valence-corrected chi connectivity index (χ1v) is 9.55. The molecule has 0 atom stereocenters. The molecule has 3 heterocycles. The Bertz CT molecular complexity index is 924. The topological polar surface area (TPSA) is 76.5 Å². The van der Waals surface area contributed by atoms with Gasteiger partial charge in [-0.05, 0) is 31.4 Å². The Hall–Kier alpha value is -2.55. The summed E-state index contributed by atoms with van der Waals surface area (Å²) in [7, 11) is 0. The van der Waals surface area contributed by atoms with Crippen molar-refractivity contribution in [2.45, 2.75) is 37.8 Å². The minimum atomic E-state index is -0.952. The maximum Gasteiger partial charge on any atom is 0.242 e. The van der Waals surface area contributed by atoms with Gasteiger partial charge in [0.2, 0.25) is 5.95 Å². The number of thiazole rings is 1. The third-order valence-electron chi connectivity index (χ3n) is 4.75. The quantitative estimate of drug-likeness (QED) is 0.696. The van der Waals surface area contributed by atoms with Gasteiger partial charge in [0.1, 0.15) is 22.7 Å². The summed E-state index contributed by atoms with van der Waals surface area (Å²) in [6.07, 6.45) is 5.35. The fourth-order valence-corrected chi connectivity index (χ4v) is 4.08. The molecule has 140 valence electrons. The zero-order valence-electron chi connectivity index (χ0n) is 14.7. The molecule has 0 amide bonds. The van der Waals surface area contributed by atoms with E-state index in [0.717, 1.165) is 11.4 Å². The van der Waals surface area contributed by atoms with Gasteiger partial charge >= 0.3 is 0 Å². The second kappa shape index (κ2) is 7.22. The van der Waals surface area contributed by atoms with E-state index in [1.165, 1.54) is 23.2 Å². The highest BCUT2D eigenvalue weighted by molar-refractivity contribution is 7.14. The van der Waals surface area contributed by atoms with Gasteiger partial charge in [-0.15, -0.1) is 21.5 Å². The number of alkyl halides is 1. The Morgan fingerprint density at radius 3 is 2.70 bits per heavy atom. The summed E-state index contributed by atoms with van der Waals surface area (Å²) in [5.41, 5.74) is 0.187. The van der Waals surface area contributed by atoms with Crippen LogP contribution in [0.15, 0.2) is 30.7 Å². The van der Waals surface area contributed by atoms with Crippen LogP contribution in [0, 0.1) is 5.82 Å². The molecule has 0 aliphatic heterocycles. The molecule has 1 aliphatic rings. The third-order valence-corrected chi connectivity index (χ3v) is 5.92. The van der Waals surface area contributed by atoms with Gasteiger partial charge in [0.15, 0.2) is 0 Å². The van der Waals surface area contributed by atoms with E-state index in [2.05, 4.69) is 37.4 Å². The van der Waals surface area contributed by atoms with Crippen molar-refractivity contribution in [2.24, 2.45) is 0 Å². The van der Waals surface area contributed by atoms with E-state index in [4.69, 9.17) is 0 Å². The van der Waals surface area contributed by atoms with Crippen LogP contribution in [-0.2, 0) is 11.8 Å². The lowest BCUT2D eigenvalue weighted by molar-refractivity contribution is 0.0963. The highest BCUT2D eigenvalue weighted by Crippen LogP contribution is 2.45. The summed E-state index contributed by atoms with van der Waals surface area (Å²) in [4.78, 5) is 13.9. The first kappa shape index (κ1) is 17.8. The monoisotopic (exact) mass is 388 g/mol. The van der Waals surface area contributed by atoms with E-state index < -0.39 is 17.4 Å². The summed E-state index contributed by atoms with van der Waals surface area (Å²) in [6.45, 7) is 2.36. The van der Waals surface area contributed by atoms with Crippen LogP contribution in [-0.4, -0.2) is 37.9 Å². The Morgan fingerprint density at radius 1 is 1.22 bits per heavy atom. The van der Waals surface area contributed by atoms with Crippen molar-refractivity contribution in [3.8, 4) is 10.7 Å². The highest BCUT2D eigenvalue weighted by atomic mass is 32.1. The molecular weight excluding hydrogens is 370 g/mol. The molecular formula is C18H18F2N6S. The number of halogens is 2. The van der Waals surface area contributed by atoms with Crippen LogP contribution in [0.25, 0.3) is 10.7 Å². The zero-order chi connectivity index (χ0) is 18.9.